The molecule has 0 saturated heterocycles. The highest BCUT2D eigenvalue weighted by atomic mass is 35.5. The van der Waals surface area contributed by atoms with E-state index < -0.39 is 28.5 Å². The second-order valence-corrected chi connectivity index (χ2v) is 12.0. The van der Waals surface area contributed by atoms with Crippen LogP contribution in [0, 0.1) is 6.92 Å². The van der Waals surface area contributed by atoms with E-state index in [1.165, 1.54) is 4.90 Å². The second-order valence-electron chi connectivity index (χ2n) is 9.24. The summed E-state index contributed by atoms with van der Waals surface area (Å²) < 4.78 is 26.6. The average molecular weight is 555 g/mol. The summed E-state index contributed by atoms with van der Waals surface area (Å²) in [4.78, 5) is 28.5. The molecule has 1 fully saturated rings. The van der Waals surface area contributed by atoms with Crippen LogP contribution in [0.25, 0.3) is 0 Å². The van der Waals surface area contributed by atoms with Crippen LogP contribution in [0.3, 0.4) is 0 Å². The molecule has 10 heteroatoms. The number of nitrogens with one attached hydrogen (secondary N) is 1. The zero-order chi connectivity index (χ0) is 26.5. The van der Waals surface area contributed by atoms with E-state index >= 15 is 0 Å². The minimum absolute atomic E-state index is 0.0810. The molecule has 0 heterocycles. The topological polar surface area (TPSA) is 86.8 Å². The van der Waals surface area contributed by atoms with E-state index in [0.717, 1.165) is 41.8 Å². The number of aryl methyl sites for hydroxylation is 1. The molecule has 3 rings (SSSR count). The van der Waals surface area contributed by atoms with Gasteiger partial charge in [-0.25, -0.2) is 8.42 Å². The van der Waals surface area contributed by atoms with E-state index in [2.05, 4.69) is 5.32 Å². The van der Waals surface area contributed by atoms with Gasteiger partial charge in [0.1, 0.15) is 12.6 Å². The summed E-state index contributed by atoms with van der Waals surface area (Å²) in [5.41, 5.74) is 1.83. The fraction of sp³-hybridized carbons (Fsp3) is 0.462. The largest absolute Gasteiger partial charge is 0.352 e. The number of benzene rings is 2. The first-order chi connectivity index (χ1) is 17.0. The summed E-state index contributed by atoms with van der Waals surface area (Å²) >= 11 is 12.3. The van der Waals surface area contributed by atoms with Gasteiger partial charge in [-0.15, -0.1) is 0 Å². The van der Waals surface area contributed by atoms with Gasteiger partial charge in [-0.2, -0.15) is 0 Å². The molecule has 0 unspecified atom stereocenters. The van der Waals surface area contributed by atoms with Crippen molar-refractivity contribution >= 4 is 50.7 Å². The highest BCUT2D eigenvalue weighted by Crippen LogP contribution is 2.26. The van der Waals surface area contributed by atoms with Gasteiger partial charge in [0.25, 0.3) is 0 Å². The van der Waals surface area contributed by atoms with Gasteiger partial charge in [-0.05, 0) is 55.5 Å². The van der Waals surface area contributed by atoms with Crippen molar-refractivity contribution in [3.8, 4) is 0 Å². The van der Waals surface area contributed by atoms with Gasteiger partial charge < -0.3 is 10.2 Å². The maximum absolute atomic E-state index is 13.8. The van der Waals surface area contributed by atoms with Gasteiger partial charge in [0.2, 0.25) is 21.8 Å². The summed E-state index contributed by atoms with van der Waals surface area (Å²) in [6, 6.07) is 11.3. The van der Waals surface area contributed by atoms with E-state index in [1.54, 1.807) is 49.4 Å². The van der Waals surface area contributed by atoms with E-state index in [4.69, 9.17) is 23.2 Å². The van der Waals surface area contributed by atoms with Crippen LogP contribution in [-0.2, 0) is 26.2 Å². The highest BCUT2D eigenvalue weighted by Gasteiger charge is 2.33. The van der Waals surface area contributed by atoms with Gasteiger partial charge >= 0.3 is 0 Å². The van der Waals surface area contributed by atoms with Crippen molar-refractivity contribution in [2.45, 2.75) is 64.6 Å². The summed E-state index contributed by atoms with van der Waals surface area (Å²) in [6.07, 6.45) is 5.39. The Hall–Kier alpha value is -2.29. The number of hydrogen-bond acceptors (Lipinski definition) is 4. The minimum Gasteiger partial charge on any atom is -0.352 e. The van der Waals surface area contributed by atoms with Crippen LogP contribution in [-0.4, -0.2) is 50.0 Å². The van der Waals surface area contributed by atoms with Crippen LogP contribution < -0.4 is 9.62 Å². The minimum atomic E-state index is -3.78. The first-order valence-corrected chi connectivity index (χ1v) is 14.7. The number of sulfonamides is 1. The number of amides is 2. The van der Waals surface area contributed by atoms with Crippen LogP contribution in [0.2, 0.25) is 10.0 Å². The highest BCUT2D eigenvalue weighted by molar-refractivity contribution is 7.92. The maximum atomic E-state index is 13.8. The smallest absolute Gasteiger partial charge is 0.244 e. The van der Waals surface area contributed by atoms with E-state index in [-0.39, 0.29) is 18.5 Å². The van der Waals surface area contributed by atoms with Crippen molar-refractivity contribution in [2.75, 3.05) is 17.1 Å². The van der Waals surface area contributed by atoms with Crippen LogP contribution in [0.4, 0.5) is 5.69 Å². The lowest BCUT2D eigenvalue weighted by Crippen LogP contribution is -2.53. The third-order valence-corrected chi connectivity index (χ3v) is 8.35. The fourth-order valence-electron chi connectivity index (χ4n) is 4.56. The quantitative estimate of drug-likeness (QED) is 0.451. The number of carbonyl (C=O) groups is 2. The number of halogens is 2. The van der Waals surface area contributed by atoms with Crippen LogP contribution >= 0.6 is 23.2 Å². The summed E-state index contributed by atoms with van der Waals surface area (Å²) in [5.74, 6) is -0.720. The number of rotatable bonds is 10. The molecule has 0 aliphatic heterocycles. The molecule has 1 atom stereocenters. The maximum Gasteiger partial charge on any atom is 0.244 e. The Morgan fingerprint density at radius 2 is 1.75 bits per heavy atom. The lowest BCUT2D eigenvalue weighted by molar-refractivity contribution is -0.140. The Kier molecular flexibility index (Phi) is 9.66. The molecule has 2 amide bonds. The fourth-order valence-corrected chi connectivity index (χ4v) is 5.79. The predicted octanol–water partition coefficient (Wildman–Crippen LogP) is 4.93. The van der Waals surface area contributed by atoms with Crippen molar-refractivity contribution < 1.29 is 18.0 Å². The van der Waals surface area contributed by atoms with Crippen LogP contribution in [0.1, 0.15) is 50.2 Å². The average Bonchev–Trinajstić information content (AvgIpc) is 3.32. The molecule has 0 spiro atoms. The number of hydrogen-bond donors (Lipinski definition) is 1. The molecule has 1 aliphatic rings. The molecule has 1 N–H and O–H groups in total. The number of anilines is 1. The molecule has 2 aromatic carbocycles. The summed E-state index contributed by atoms with van der Waals surface area (Å²) in [5, 5.41) is 3.80. The normalized spacial score (nSPS) is 14.9. The van der Waals surface area contributed by atoms with Gasteiger partial charge in [-0.1, -0.05) is 67.2 Å². The van der Waals surface area contributed by atoms with Gasteiger partial charge in [0.05, 0.1) is 22.0 Å². The molecular formula is C26H33Cl2N3O4S. The van der Waals surface area contributed by atoms with Crippen LogP contribution in [0.15, 0.2) is 42.5 Å². The van der Waals surface area contributed by atoms with E-state index in [1.807, 2.05) is 6.92 Å². The molecule has 0 aromatic heterocycles. The Bertz CT molecular complexity index is 1200. The molecule has 36 heavy (non-hydrogen) atoms. The van der Waals surface area contributed by atoms with E-state index in [0.29, 0.717) is 27.7 Å². The number of para-hydroxylation sites is 1. The lowest BCUT2D eigenvalue weighted by atomic mass is 10.1. The molecule has 7 nitrogen and oxygen atoms in total. The number of nitrogens with zero attached hydrogens (tertiary/aromatic N) is 2. The van der Waals surface area contributed by atoms with Crippen molar-refractivity contribution in [3.05, 3.63) is 63.6 Å². The summed E-state index contributed by atoms with van der Waals surface area (Å²) in [7, 11) is -3.78. The van der Waals surface area contributed by atoms with Gasteiger partial charge in [-0.3, -0.25) is 13.9 Å². The third-order valence-electron chi connectivity index (χ3n) is 6.49. The Morgan fingerprint density at radius 1 is 1.08 bits per heavy atom. The third kappa shape index (κ3) is 7.14. The van der Waals surface area contributed by atoms with Crippen molar-refractivity contribution in [1.82, 2.24) is 10.2 Å². The summed E-state index contributed by atoms with van der Waals surface area (Å²) in [6.45, 7) is 3.27. The Morgan fingerprint density at radius 3 is 2.33 bits per heavy atom. The van der Waals surface area contributed by atoms with Gasteiger partial charge in [0, 0.05) is 12.6 Å². The molecule has 1 aliphatic carbocycles. The molecule has 0 radical (unpaired) electrons. The lowest BCUT2D eigenvalue weighted by Gasteiger charge is -2.33. The Balaban J connectivity index is 1.95. The standard InChI is InChI=1S/C26H33Cl2N3O4S/c1-4-23(26(33)29-20-10-6-7-11-20)30(16-19-13-14-21(27)22(28)15-19)25(32)17-31(36(3,34)35)24-12-8-5-9-18(24)2/h5,8-9,12-15,20,23H,4,6-7,10-11,16-17H2,1-3H3,(H,29,33)/t23-/m1/s1. The Labute approximate surface area is 223 Å². The molecule has 1 saturated carbocycles. The van der Waals surface area contributed by atoms with E-state index in [9.17, 15) is 18.0 Å². The predicted molar refractivity (Wildman–Crippen MR) is 145 cm³/mol. The monoisotopic (exact) mass is 553 g/mol. The SMILES string of the molecule is CC[C@H](C(=O)NC1CCCC1)N(Cc1ccc(Cl)c(Cl)c1)C(=O)CN(c1ccccc1C)S(C)(=O)=O. The van der Waals surface area contributed by atoms with Gasteiger partial charge in [0.15, 0.2) is 0 Å². The van der Waals surface area contributed by atoms with Crippen molar-refractivity contribution in [2.24, 2.45) is 0 Å². The zero-order valence-corrected chi connectivity index (χ0v) is 23.2. The molecule has 196 valence electrons. The molecular weight excluding hydrogens is 521 g/mol. The number of carbonyl (C=O) groups excluding carboxylic acids is 2. The van der Waals surface area contributed by atoms with Crippen molar-refractivity contribution in [3.63, 3.8) is 0 Å². The second kappa shape index (κ2) is 12.3. The zero-order valence-electron chi connectivity index (χ0n) is 20.8. The first-order valence-electron chi connectivity index (χ1n) is 12.1. The van der Waals surface area contributed by atoms with Crippen molar-refractivity contribution in [1.29, 1.82) is 0 Å². The van der Waals surface area contributed by atoms with Crippen LogP contribution in [0.5, 0.6) is 0 Å². The first kappa shape index (κ1) is 28.3. The molecule has 0 bridgehead atoms. The molecule has 2 aromatic rings.